The van der Waals surface area contributed by atoms with Crippen molar-refractivity contribution in [1.82, 2.24) is 0 Å². The van der Waals surface area contributed by atoms with Crippen molar-refractivity contribution < 1.29 is 4.39 Å². The first-order valence-electron chi connectivity index (χ1n) is 3.45. The highest BCUT2D eigenvalue weighted by Crippen LogP contribution is 2.31. The van der Waals surface area contributed by atoms with E-state index in [0.717, 1.165) is 5.57 Å². The molecule has 0 saturated carbocycles. The van der Waals surface area contributed by atoms with Gasteiger partial charge in [-0.1, -0.05) is 19.9 Å². The van der Waals surface area contributed by atoms with Gasteiger partial charge in [-0.05, 0) is 24.3 Å². The summed E-state index contributed by atoms with van der Waals surface area (Å²) in [4.78, 5) is 0. The Morgan fingerprint density at radius 1 is 1.44 bits per heavy atom. The Balaban J connectivity index is 2.70. The molecule has 0 radical (unpaired) electrons. The van der Waals surface area contributed by atoms with Crippen molar-refractivity contribution in [3.8, 4) is 0 Å². The lowest BCUT2D eigenvalue weighted by molar-refractivity contribution is 0.270. The van der Waals surface area contributed by atoms with Crippen molar-refractivity contribution in [2.75, 3.05) is 0 Å². The van der Waals surface area contributed by atoms with Crippen LogP contribution in [0.15, 0.2) is 11.6 Å². The van der Waals surface area contributed by atoms with E-state index < -0.39 is 6.17 Å². The smallest absolute Gasteiger partial charge is 0.124 e. The van der Waals surface area contributed by atoms with Crippen LogP contribution >= 0.6 is 0 Å². The van der Waals surface area contributed by atoms with E-state index in [4.69, 9.17) is 0 Å². The summed E-state index contributed by atoms with van der Waals surface area (Å²) in [5.41, 5.74) is 0.912. The van der Waals surface area contributed by atoms with Crippen LogP contribution in [0.3, 0.4) is 0 Å². The molecule has 0 nitrogen and oxygen atoms in total. The monoisotopic (exact) mass is 128 g/mol. The molecule has 0 amide bonds. The Morgan fingerprint density at radius 3 is 2.11 bits per heavy atom. The molecule has 0 aliphatic heterocycles. The van der Waals surface area contributed by atoms with Crippen molar-refractivity contribution in [3.63, 3.8) is 0 Å². The molecule has 0 saturated heterocycles. The summed E-state index contributed by atoms with van der Waals surface area (Å²) < 4.78 is 12.9. The van der Waals surface area contributed by atoms with E-state index in [1.54, 1.807) is 0 Å². The van der Waals surface area contributed by atoms with Crippen LogP contribution < -0.4 is 0 Å². The molecule has 0 aromatic heterocycles. The maximum atomic E-state index is 12.9. The van der Waals surface area contributed by atoms with Gasteiger partial charge in [0.1, 0.15) is 6.17 Å². The second kappa shape index (κ2) is 2.13. The minimum Gasteiger partial charge on any atom is -0.242 e. The lowest BCUT2D eigenvalue weighted by Crippen LogP contribution is -2.11. The third kappa shape index (κ3) is 1.00. The van der Waals surface area contributed by atoms with Crippen LogP contribution in [0.4, 0.5) is 4.39 Å². The molecule has 0 N–H and O–H groups in total. The predicted molar refractivity (Wildman–Crippen MR) is 37.0 cm³/mol. The Hall–Kier alpha value is -0.330. The van der Waals surface area contributed by atoms with Crippen LogP contribution in [0, 0.1) is 11.8 Å². The summed E-state index contributed by atoms with van der Waals surface area (Å²) in [6.07, 6.45) is 1.34. The zero-order valence-electron chi connectivity index (χ0n) is 6.19. The minimum atomic E-state index is -0.681. The molecule has 0 aromatic rings. The fraction of sp³-hybridized carbons (Fsp3) is 0.750. The molecule has 9 heavy (non-hydrogen) atoms. The molecule has 0 spiro atoms. The average molecular weight is 128 g/mol. The number of alkyl halides is 1. The van der Waals surface area contributed by atoms with E-state index in [2.05, 4.69) is 6.92 Å². The molecule has 3 atom stereocenters. The SMILES string of the molecule is CC1=CC(C)C(C)C1F. The van der Waals surface area contributed by atoms with Crippen LogP contribution in [0.1, 0.15) is 20.8 Å². The number of halogens is 1. The van der Waals surface area contributed by atoms with Gasteiger partial charge in [-0.25, -0.2) is 4.39 Å². The Morgan fingerprint density at radius 2 is 2.00 bits per heavy atom. The van der Waals surface area contributed by atoms with Gasteiger partial charge >= 0.3 is 0 Å². The van der Waals surface area contributed by atoms with Gasteiger partial charge in [0, 0.05) is 0 Å². The average Bonchev–Trinajstić information content (AvgIpc) is 1.98. The zero-order chi connectivity index (χ0) is 7.02. The number of rotatable bonds is 0. The third-order valence-electron chi connectivity index (χ3n) is 2.25. The number of hydrogen-bond donors (Lipinski definition) is 0. The quantitative estimate of drug-likeness (QED) is 0.440. The predicted octanol–water partition coefficient (Wildman–Crippen LogP) is 2.56. The van der Waals surface area contributed by atoms with Gasteiger partial charge in [0.15, 0.2) is 0 Å². The first-order chi connectivity index (χ1) is 4.13. The van der Waals surface area contributed by atoms with Crippen molar-refractivity contribution >= 4 is 0 Å². The Bertz CT molecular complexity index is 138. The standard InChI is InChI=1S/C8H13F/c1-5-4-6(2)8(9)7(5)3/h4-5,7-8H,1-3H3. The highest BCUT2D eigenvalue weighted by atomic mass is 19.1. The van der Waals surface area contributed by atoms with Crippen LogP contribution in [0.25, 0.3) is 0 Å². The van der Waals surface area contributed by atoms with E-state index in [1.165, 1.54) is 0 Å². The third-order valence-corrected chi connectivity index (χ3v) is 2.25. The topological polar surface area (TPSA) is 0 Å². The fourth-order valence-electron chi connectivity index (χ4n) is 1.34. The normalized spacial score (nSPS) is 43.1. The molecule has 1 aliphatic rings. The lowest BCUT2D eigenvalue weighted by atomic mass is 9.98. The van der Waals surface area contributed by atoms with Gasteiger partial charge in [-0.15, -0.1) is 0 Å². The van der Waals surface area contributed by atoms with Crippen LogP contribution in [-0.2, 0) is 0 Å². The van der Waals surface area contributed by atoms with Gasteiger partial charge in [-0.3, -0.25) is 0 Å². The summed E-state index contributed by atoms with van der Waals surface area (Å²) in [5.74, 6) is 0.630. The molecule has 1 heteroatoms. The van der Waals surface area contributed by atoms with Gasteiger partial charge < -0.3 is 0 Å². The van der Waals surface area contributed by atoms with Crippen LogP contribution in [0.5, 0.6) is 0 Å². The second-order valence-electron chi connectivity index (χ2n) is 3.03. The van der Waals surface area contributed by atoms with Crippen LogP contribution in [0.2, 0.25) is 0 Å². The molecule has 0 fully saturated rings. The molecule has 3 unspecified atom stereocenters. The molecule has 0 heterocycles. The summed E-state index contributed by atoms with van der Waals surface area (Å²) in [5, 5.41) is 0. The van der Waals surface area contributed by atoms with E-state index >= 15 is 0 Å². The van der Waals surface area contributed by atoms with Gasteiger partial charge in [0.25, 0.3) is 0 Å². The lowest BCUT2D eigenvalue weighted by Gasteiger charge is -2.11. The Kier molecular flexibility index (Phi) is 1.60. The fourth-order valence-corrected chi connectivity index (χ4v) is 1.34. The maximum absolute atomic E-state index is 12.9. The van der Waals surface area contributed by atoms with Gasteiger partial charge in [0.2, 0.25) is 0 Å². The molecule has 1 rings (SSSR count). The number of allylic oxidation sites excluding steroid dienone is 2. The first kappa shape index (κ1) is 6.79. The van der Waals surface area contributed by atoms with Crippen molar-refractivity contribution in [2.24, 2.45) is 11.8 Å². The first-order valence-corrected chi connectivity index (χ1v) is 3.45. The molecule has 0 bridgehead atoms. The number of hydrogen-bond acceptors (Lipinski definition) is 0. The van der Waals surface area contributed by atoms with Crippen LogP contribution in [-0.4, -0.2) is 6.17 Å². The maximum Gasteiger partial charge on any atom is 0.124 e. The van der Waals surface area contributed by atoms with Crippen molar-refractivity contribution in [2.45, 2.75) is 26.9 Å². The summed E-state index contributed by atoms with van der Waals surface area (Å²) in [6, 6.07) is 0. The van der Waals surface area contributed by atoms with E-state index in [1.807, 2.05) is 19.9 Å². The highest BCUT2D eigenvalue weighted by molar-refractivity contribution is 5.15. The Labute approximate surface area is 55.8 Å². The molecule has 0 aromatic carbocycles. The largest absolute Gasteiger partial charge is 0.242 e. The molecular formula is C8H13F. The summed E-state index contributed by atoms with van der Waals surface area (Å²) in [7, 11) is 0. The van der Waals surface area contributed by atoms with Crippen molar-refractivity contribution in [1.29, 1.82) is 0 Å². The highest BCUT2D eigenvalue weighted by Gasteiger charge is 2.28. The summed E-state index contributed by atoms with van der Waals surface area (Å²) in [6.45, 7) is 5.89. The molecule has 52 valence electrons. The van der Waals surface area contributed by atoms with Gasteiger partial charge in [-0.2, -0.15) is 0 Å². The minimum absolute atomic E-state index is 0.199. The van der Waals surface area contributed by atoms with Gasteiger partial charge in [0.05, 0.1) is 0 Å². The second-order valence-corrected chi connectivity index (χ2v) is 3.03. The summed E-state index contributed by atoms with van der Waals surface area (Å²) >= 11 is 0. The molecule has 1 aliphatic carbocycles. The zero-order valence-corrected chi connectivity index (χ0v) is 6.19. The van der Waals surface area contributed by atoms with Crippen molar-refractivity contribution in [3.05, 3.63) is 11.6 Å². The van der Waals surface area contributed by atoms with E-state index in [9.17, 15) is 4.39 Å². The van der Waals surface area contributed by atoms with E-state index in [0.29, 0.717) is 5.92 Å². The molecular weight excluding hydrogens is 115 g/mol. The van der Waals surface area contributed by atoms with E-state index in [-0.39, 0.29) is 5.92 Å².